The van der Waals surface area contributed by atoms with Gasteiger partial charge in [-0.2, -0.15) is 5.26 Å². The van der Waals surface area contributed by atoms with Crippen LogP contribution in [0.15, 0.2) is 42.5 Å². The molecule has 0 unspecified atom stereocenters. The number of nitriles is 1. The Morgan fingerprint density at radius 2 is 2.00 bits per heavy atom. The minimum absolute atomic E-state index is 0.165. The Morgan fingerprint density at radius 3 is 2.77 bits per heavy atom. The molecule has 0 fully saturated rings. The number of nitrogens with zero attached hydrogens (tertiary/aromatic N) is 6. The van der Waals surface area contributed by atoms with E-state index in [4.69, 9.17) is 5.26 Å². The van der Waals surface area contributed by atoms with Gasteiger partial charge in [0.15, 0.2) is 16.7 Å². The molecule has 2 aromatic carbocycles. The van der Waals surface area contributed by atoms with Gasteiger partial charge in [-0.3, -0.25) is 4.79 Å². The molecular formula is C21H15FN6OS. The molecule has 7 nitrogen and oxygen atoms in total. The van der Waals surface area contributed by atoms with Gasteiger partial charge in [-0.1, -0.05) is 0 Å². The standard InChI is InChI=1S/C21H15FN6OS/c1-12-18-25-26-19(20-24-16-7-2-13(11-23)10-17(16)30-20)28(18)9-8-27(12)21(29)14-3-5-15(22)6-4-14/h2-7,10,12H,8-9H2,1H3/t12-/m1/s1. The van der Waals surface area contributed by atoms with E-state index in [2.05, 4.69) is 21.3 Å². The van der Waals surface area contributed by atoms with Crippen molar-refractivity contribution in [2.24, 2.45) is 0 Å². The van der Waals surface area contributed by atoms with Crippen LogP contribution in [0.1, 0.15) is 34.7 Å². The molecule has 1 aliphatic heterocycles. The van der Waals surface area contributed by atoms with Crippen molar-refractivity contribution in [3.63, 3.8) is 0 Å². The van der Waals surface area contributed by atoms with E-state index >= 15 is 0 Å². The molecule has 2 aromatic heterocycles. The number of carbonyl (C=O) groups excluding carboxylic acids is 1. The molecule has 3 heterocycles. The van der Waals surface area contributed by atoms with Gasteiger partial charge in [0.25, 0.3) is 5.91 Å². The number of benzene rings is 2. The van der Waals surface area contributed by atoms with Gasteiger partial charge in [0.2, 0.25) is 0 Å². The van der Waals surface area contributed by atoms with E-state index in [0.717, 1.165) is 15.2 Å². The predicted octanol–water partition coefficient (Wildman–Crippen LogP) is 3.78. The minimum atomic E-state index is -0.375. The zero-order valence-electron chi connectivity index (χ0n) is 15.9. The summed E-state index contributed by atoms with van der Waals surface area (Å²) in [6, 6.07) is 12.8. The molecule has 148 valence electrons. The minimum Gasteiger partial charge on any atom is -0.327 e. The molecule has 0 aliphatic carbocycles. The van der Waals surface area contributed by atoms with E-state index in [1.165, 1.54) is 35.6 Å². The van der Waals surface area contributed by atoms with Crippen LogP contribution < -0.4 is 0 Å². The zero-order valence-corrected chi connectivity index (χ0v) is 16.7. The fourth-order valence-electron chi connectivity index (χ4n) is 3.67. The predicted molar refractivity (Wildman–Crippen MR) is 109 cm³/mol. The lowest BCUT2D eigenvalue weighted by Gasteiger charge is -2.33. The summed E-state index contributed by atoms with van der Waals surface area (Å²) in [6.07, 6.45) is 0. The summed E-state index contributed by atoms with van der Waals surface area (Å²) in [5.41, 5.74) is 1.84. The van der Waals surface area contributed by atoms with Gasteiger partial charge in [-0.15, -0.1) is 21.5 Å². The second kappa shape index (κ2) is 7.00. The fraction of sp³-hybridized carbons (Fsp3) is 0.190. The number of carbonyl (C=O) groups is 1. The quantitative estimate of drug-likeness (QED) is 0.494. The largest absolute Gasteiger partial charge is 0.327 e. The second-order valence-corrected chi connectivity index (χ2v) is 8.06. The van der Waals surface area contributed by atoms with Crippen molar-refractivity contribution in [1.82, 2.24) is 24.6 Å². The number of thiazole rings is 1. The number of amides is 1. The van der Waals surface area contributed by atoms with Crippen LogP contribution in [0.25, 0.3) is 21.0 Å². The van der Waals surface area contributed by atoms with Crippen LogP contribution in [-0.4, -0.2) is 37.1 Å². The molecule has 30 heavy (non-hydrogen) atoms. The van der Waals surface area contributed by atoms with Crippen LogP contribution in [0, 0.1) is 17.1 Å². The third kappa shape index (κ3) is 2.93. The highest BCUT2D eigenvalue weighted by Gasteiger charge is 2.32. The number of fused-ring (bicyclic) bond motifs is 2. The first-order valence-corrected chi connectivity index (χ1v) is 10.2. The Kier molecular flexibility index (Phi) is 4.29. The average molecular weight is 418 g/mol. The monoisotopic (exact) mass is 418 g/mol. The first-order chi connectivity index (χ1) is 14.5. The van der Waals surface area contributed by atoms with Crippen LogP contribution in [0.5, 0.6) is 0 Å². The summed E-state index contributed by atoms with van der Waals surface area (Å²) in [7, 11) is 0. The van der Waals surface area contributed by atoms with Crippen molar-refractivity contribution in [3.05, 3.63) is 65.2 Å². The summed E-state index contributed by atoms with van der Waals surface area (Å²) >= 11 is 1.46. The highest BCUT2D eigenvalue weighted by Crippen LogP contribution is 2.33. The van der Waals surface area contributed by atoms with Crippen LogP contribution in [0.3, 0.4) is 0 Å². The highest BCUT2D eigenvalue weighted by molar-refractivity contribution is 7.21. The van der Waals surface area contributed by atoms with E-state index in [1.807, 2.05) is 23.6 Å². The van der Waals surface area contributed by atoms with E-state index in [0.29, 0.717) is 35.9 Å². The van der Waals surface area contributed by atoms with Crippen LogP contribution in [-0.2, 0) is 6.54 Å². The molecule has 0 radical (unpaired) electrons. The maximum absolute atomic E-state index is 13.2. The molecule has 0 N–H and O–H groups in total. The van der Waals surface area contributed by atoms with Crippen LogP contribution in [0.4, 0.5) is 4.39 Å². The third-order valence-corrected chi connectivity index (χ3v) is 6.26. The van der Waals surface area contributed by atoms with Crippen molar-refractivity contribution in [2.75, 3.05) is 6.54 Å². The van der Waals surface area contributed by atoms with E-state index in [1.54, 1.807) is 11.0 Å². The number of halogens is 1. The van der Waals surface area contributed by atoms with Crippen molar-refractivity contribution in [3.8, 4) is 16.9 Å². The summed E-state index contributed by atoms with van der Waals surface area (Å²) in [5.74, 6) is 0.803. The normalized spacial score (nSPS) is 15.8. The molecule has 0 saturated carbocycles. The summed E-state index contributed by atoms with van der Waals surface area (Å²) in [6.45, 7) is 2.93. The Bertz CT molecular complexity index is 1320. The van der Waals surface area contributed by atoms with Crippen molar-refractivity contribution >= 4 is 27.5 Å². The number of aromatic nitrogens is 4. The Hall–Kier alpha value is -3.64. The van der Waals surface area contributed by atoms with Gasteiger partial charge in [-0.05, 0) is 49.4 Å². The molecule has 9 heteroatoms. The van der Waals surface area contributed by atoms with Gasteiger partial charge in [0.1, 0.15) is 5.82 Å². The van der Waals surface area contributed by atoms with Crippen molar-refractivity contribution < 1.29 is 9.18 Å². The number of hydrogen-bond acceptors (Lipinski definition) is 6. The lowest BCUT2D eigenvalue weighted by atomic mass is 10.1. The lowest BCUT2D eigenvalue weighted by molar-refractivity contribution is 0.0638. The van der Waals surface area contributed by atoms with Gasteiger partial charge < -0.3 is 9.47 Å². The maximum atomic E-state index is 13.2. The molecule has 5 rings (SSSR count). The van der Waals surface area contributed by atoms with E-state index in [-0.39, 0.29) is 17.8 Å². The first kappa shape index (κ1) is 18.4. The fourth-order valence-corrected chi connectivity index (χ4v) is 4.67. The molecule has 1 amide bonds. The second-order valence-electron chi connectivity index (χ2n) is 7.03. The summed E-state index contributed by atoms with van der Waals surface area (Å²) < 4.78 is 16.1. The lowest BCUT2D eigenvalue weighted by Crippen LogP contribution is -2.41. The van der Waals surface area contributed by atoms with Crippen LogP contribution >= 0.6 is 11.3 Å². The number of hydrogen-bond donors (Lipinski definition) is 0. The van der Waals surface area contributed by atoms with Gasteiger partial charge in [-0.25, -0.2) is 9.37 Å². The van der Waals surface area contributed by atoms with Gasteiger partial charge >= 0.3 is 0 Å². The maximum Gasteiger partial charge on any atom is 0.254 e. The Morgan fingerprint density at radius 1 is 1.20 bits per heavy atom. The van der Waals surface area contributed by atoms with Crippen molar-refractivity contribution in [1.29, 1.82) is 5.26 Å². The summed E-state index contributed by atoms with van der Waals surface area (Å²) in [5, 5.41) is 18.5. The zero-order chi connectivity index (χ0) is 20.8. The molecule has 4 aromatic rings. The molecule has 0 saturated heterocycles. The topological polar surface area (TPSA) is 87.7 Å². The first-order valence-electron chi connectivity index (χ1n) is 9.36. The summed E-state index contributed by atoms with van der Waals surface area (Å²) in [4.78, 5) is 19.3. The SMILES string of the molecule is C[C@@H]1c2nnc(-c3nc4ccc(C#N)cc4s3)n2CCN1C(=O)c1ccc(F)cc1. The smallest absolute Gasteiger partial charge is 0.254 e. The van der Waals surface area contributed by atoms with E-state index < -0.39 is 0 Å². The molecule has 1 atom stereocenters. The van der Waals surface area contributed by atoms with Gasteiger partial charge in [0, 0.05) is 18.7 Å². The highest BCUT2D eigenvalue weighted by atomic mass is 32.1. The Labute approximate surface area is 175 Å². The Balaban J connectivity index is 1.47. The number of rotatable bonds is 2. The van der Waals surface area contributed by atoms with Crippen LogP contribution in [0.2, 0.25) is 0 Å². The van der Waals surface area contributed by atoms with Gasteiger partial charge in [0.05, 0.1) is 27.9 Å². The van der Waals surface area contributed by atoms with Crippen molar-refractivity contribution in [2.45, 2.75) is 19.5 Å². The third-order valence-electron chi connectivity index (χ3n) is 5.25. The molecule has 1 aliphatic rings. The molecule has 0 bridgehead atoms. The molecular weight excluding hydrogens is 403 g/mol. The average Bonchev–Trinajstić information content (AvgIpc) is 3.37. The molecule has 0 spiro atoms. The van der Waals surface area contributed by atoms with E-state index in [9.17, 15) is 9.18 Å².